The van der Waals surface area contributed by atoms with E-state index in [9.17, 15) is 9.59 Å². The van der Waals surface area contributed by atoms with Crippen LogP contribution in [0.2, 0.25) is 0 Å². The Labute approximate surface area is 178 Å². The van der Waals surface area contributed by atoms with Crippen LogP contribution in [0.4, 0.5) is 5.00 Å². The number of hydrogen-bond donors (Lipinski definition) is 1. The number of carbonyl (C=O) groups is 2. The van der Waals surface area contributed by atoms with E-state index >= 15 is 0 Å². The number of amides is 1. The van der Waals surface area contributed by atoms with Crippen LogP contribution < -0.4 is 5.32 Å². The lowest BCUT2D eigenvalue weighted by molar-refractivity contribution is 0.0531. The van der Waals surface area contributed by atoms with Gasteiger partial charge in [0.2, 0.25) is 0 Å². The van der Waals surface area contributed by atoms with Gasteiger partial charge in [-0.2, -0.15) is 0 Å². The van der Waals surface area contributed by atoms with Gasteiger partial charge in [0.1, 0.15) is 4.88 Å². The van der Waals surface area contributed by atoms with Crippen LogP contribution in [0, 0.1) is 6.92 Å². The van der Waals surface area contributed by atoms with Crippen molar-refractivity contribution in [2.45, 2.75) is 13.8 Å². The first-order valence-electron chi connectivity index (χ1n) is 9.61. The van der Waals surface area contributed by atoms with Crippen LogP contribution in [-0.4, -0.2) is 23.5 Å². The van der Waals surface area contributed by atoms with Crippen molar-refractivity contribution in [3.05, 3.63) is 82.7 Å². The maximum atomic E-state index is 13.2. The zero-order valence-electron chi connectivity index (χ0n) is 16.6. The summed E-state index contributed by atoms with van der Waals surface area (Å²) >= 11 is 1.21. The van der Waals surface area contributed by atoms with E-state index in [0.29, 0.717) is 22.0 Å². The number of hydrogen-bond acceptors (Lipinski definition) is 5. The molecular weight excluding hydrogens is 396 g/mol. The van der Waals surface area contributed by atoms with Crippen molar-refractivity contribution in [2.75, 3.05) is 11.9 Å². The molecule has 4 aromatic rings. The zero-order chi connectivity index (χ0) is 21.1. The second-order valence-corrected chi connectivity index (χ2v) is 7.79. The molecule has 0 atom stereocenters. The average Bonchev–Trinajstić information content (AvgIpc) is 3.13. The van der Waals surface area contributed by atoms with E-state index < -0.39 is 0 Å². The number of fused-ring (bicyclic) bond motifs is 1. The first kappa shape index (κ1) is 19.8. The first-order chi connectivity index (χ1) is 14.6. The Morgan fingerprint density at radius 1 is 1.03 bits per heavy atom. The Bertz CT molecular complexity index is 1230. The summed E-state index contributed by atoms with van der Waals surface area (Å²) in [6.07, 6.45) is 0. The summed E-state index contributed by atoms with van der Waals surface area (Å²) in [6.45, 7) is 3.90. The van der Waals surface area contributed by atoms with Gasteiger partial charge in [-0.05, 0) is 37.6 Å². The molecule has 2 heterocycles. The number of anilines is 1. The Morgan fingerprint density at radius 2 is 1.77 bits per heavy atom. The molecule has 0 aliphatic carbocycles. The Morgan fingerprint density at radius 3 is 2.53 bits per heavy atom. The number of para-hydroxylation sites is 1. The second kappa shape index (κ2) is 8.47. The van der Waals surface area contributed by atoms with Crippen molar-refractivity contribution in [3.63, 3.8) is 0 Å². The normalized spacial score (nSPS) is 10.7. The van der Waals surface area contributed by atoms with Crippen LogP contribution in [0.3, 0.4) is 0 Å². The third kappa shape index (κ3) is 3.95. The highest BCUT2D eigenvalue weighted by atomic mass is 32.1. The summed E-state index contributed by atoms with van der Waals surface area (Å²) in [7, 11) is 0. The van der Waals surface area contributed by atoms with Gasteiger partial charge in [-0.25, -0.2) is 9.78 Å². The molecule has 2 aromatic heterocycles. The highest BCUT2D eigenvalue weighted by Gasteiger charge is 2.18. The Balaban J connectivity index is 1.71. The largest absolute Gasteiger partial charge is 0.462 e. The molecule has 0 fully saturated rings. The van der Waals surface area contributed by atoms with Crippen molar-refractivity contribution in [1.29, 1.82) is 0 Å². The van der Waals surface area contributed by atoms with Crippen LogP contribution in [-0.2, 0) is 4.74 Å². The van der Waals surface area contributed by atoms with E-state index in [4.69, 9.17) is 9.72 Å². The van der Waals surface area contributed by atoms with Crippen LogP contribution in [0.5, 0.6) is 0 Å². The van der Waals surface area contributed by atoms with E-state index in [-0.39, 0.29) is 11.9 Å². The summed E-state index contributed by atoms with van der Waals surface area (Å²) in [5, 5.41) is 4.30. The molecule has 0 saturated carbocycles. The van der Waals surface area contributed by atoms with E-state index in [1.54, 1.807) is 19.1 Å². The fourth-order valence-electron chi connectivity index (χ4n) is 3.24. The van der Waals surface area contributed by atoms with Crippen molar-refractivity contribution in [3.8, 4) is 11.3 Å². The standard InChI is InChI=1S/C24H20N2O3S/c1-3-29-24(28)22-15(2)13-21(30-22)26-23(27)18-14-20(16-9-5-4-6-10-16)25-19-12-8-7-11-17(18)19/h4-14H,3H2,1-2H3,(H,26,27). The molecule has 0 aliphatic heterocycles. The molecule has 0 bridgehead atoms. The van der Waals surface area contributed by atoms with Crippen LogP contribution >= 0.6 is 11.3 Å². The molecular formula is C24H20N2O3S. The number of thiophene rings is 1. The number of aryl methyl sites for hydroxylation is 1. The second-order valence-electron chi connectivity index (χ2n) is 6.74. The Hall–Kier alpha value is -3.51. The molecule has 1 amide bonds. The molecule has 150 valence electrons. The quantitative estimate of drug-likeness (QED) is 0.424. The fourth-order valence-corrected chi connectivity index (χ4v) is 4.20. The molecule has 6 heteroatoms. The fraction of sp³-hybridized carbons (Fsp3) is 0.125. The summed E-state index contributed by atoms with van der Waals surface area (Å²) in [6, 6.07) is 20.9. The predicted octanol–water partition coefficient (Wildman–Crippen LogP) is 5.70. The maximum Gasteiger partial charge on any atom is 0.348 e. The number of ether oxygens (including phenoxy) is 1. The topological polar surface area (TPSA) is 68.3 Å². The molecule has 0 saturated heterocycles. The van der Waals surface area contributed by atoms with Gasteiger partial charge >= 0.3 is 5.97 Å². The number of carbonyl (C=O) groups excluding carboxylic acids is 2. The molecule has 0 radical (unpaired) electrons. The van der Waals surface area contributed by atoms with Gasteiger partial charge in [0, 0.05) is 10.9 Å². The van der Waals surface area contributed by atoms with Crippen molar-refractivity contribution in [2.24, 2.45) is 0 Å². The summed E-state index contributed by atoms with van der Waals surface area (Å²) in [5.41, 5.74) is 3.72. The molecule has 30 heavy (non-hydrogen) atoms. The van der Waals surface area contributed by atoms with Gasteiger partial charge in [-0.3, -0.25) is 4.79 Å². The lowest BCUT2D eigenvalue weighted by Crippen LogP contribution is -2.12. The number of nitrogens with one attached hydrogen (secondary N) is 1. The van der Waals surface area contributed by atoms with Gasteiger partial charge in [-0.15, -0.1) is 11.3 Å². The number of benzene rings is 2. The van der Waals surface area contributed by atoms with Crippen molar-refractivity contribution >= 4 is 39.1 Å². The minimum Gasteiger partial charge on any atom is -0.462 e. The van der Waals surface area contributed by atoms with Gasteiger partial charge in [-0.1, -0.05) is 48.5 Å². The monoisotopic (exact) mass is 416 g/mol. The SMILES string of the molecule is CCOC(=O)c1sc(NC(=O)c2cc(-c3ccccc3)nc3ccccc23)cc1C. The van der Waals surface area contributed by atoms with E-state index in [0.717, 1.165) is 27.7 Å². The molecule has 0 spiro atoms. The van der Waals surface area contributed by atoms with Gasteiger partial charge < -0.3 is 10.1 Å². The van der Waals surface area contributed by atoms with Gasteiger partial charge in [0.25, 0.3) is 5.91 Å². The summed E-state index contributed by atoms with van der Waals surface area (Å²) in [4.78, 5) is 30.5. The highest BCUT2D eigenvalue weighted by Crippen LogP contribution is 2.30. The van der Waals surface area contributed by atoms with Crippen LogP contribution in [0.25, 0.3) is 22.2 Å². The van der Waals surface area contributed by atoms with Crippen LogP contribution in [0.1, 0.15) is 32.5 Å². The number of pyridine rings is 1. The van der Waals surface area contributed by atoms with Gasteiger partial charge in [0.15, 0.2) is 0 Å². The number of nitrogens with zero attached hydrogens (tertiary/aromatic N) is 1. The predicted molar refractivity (Wildman–Crippen MR) is 120 cm³/mol. The summed E-state index contributed by atoms with van der Waals surface area (Å²) < 4.78 is 5.08. The molecule has 0 aliphatic rings. The number of esters is 1. The van der Waals surface area contributed by atoms with Crippen molar-refractivity contribution < 1.29 is 14.3 Å². The molecule has 1 N–H and O–H groups in total. The van der Waals surface area contributed by atoms with E-state index in [2.05, 4.69) is 5.32 Å². The average molecular weight is 417 g/mol. The maximum absolute atomic E-state index is 13.2. The Kier molecular flexibility index (Phi) is 5.59. The van der Waals surface area contributed by atoms with Gasteiger partial charge in [0.05, 0.1) is 28.4 Å². The van der Waals surface area contributed by atoms with E-state index in [1.165, 1.54) is 11.3 Å². The zero-order valence-corrected chi connectivity index (χ0v) is 17.5. The third-order valence-electron chi connectivity index (χ3n) is 4.65. The summed E-state index contributed by atoms with van der Waals surface area (Å²) in [5.74, 6) is -0.622. The molecule has 2 aromatic carbocycles. The molecule has 4 rings (SSSR count). The van der Waals surface area contributed by atoms with Crippen molar-refractivity contribution in [1.82, 2.24) is 4.98 Å². The highest BCUT2D eigenvalue weighted by molar-refractivity contribution is 7.18. The third-order valence-corrected chi connectivity index (χ3v) is 5.78. The van der Waals surface area contributed by atoms with Crippen LogP contribution in [0.15, 0.2) is 66.7 Å². The minimum absolute atomic E-state index is 0.248. The number of aromatic nitrogens is 1. The first-order valence-corrected chi connectivity index (χ1v) is 10.4. The lowest BCUT2D eigenvalue weighted by atomic mass is 10.0. The lowest BCUT2D eigenvalue weighted by Gasteiger charge is -2.10. The molecule has 5 nitrogen and oxygen atoms in total. The molecule has 0 unspecified atom stereocenters. The number of rotatable bonds is 5. The minimum atomic E-state index is -0.374. The van der Waals surface area contributed by atoms with E-state index in [1.807, 2.05) is 61.5 Å². The smallest absolute Gasteiger partial charge is 0.348 e.